The van der Waals surface area contributed by atoms with E-state index in [0.717, 1.165) is 0 Å². The summed E-state index contributed by atoms with van der Waals surface area (Å²) < 4.78 is 31.1. The fourth-order valence-electron chi connectivity index (χ4n) is 3.79. The number of nitrogens with zero attached hydrogens (tertiary/aromatic N) is 4. The third-order valence-electron chi connectivity index (χ3n) is 5.60. The number of ether oxygens (including phenoxy) is 2. The smallest absolute Gasteiger partial charge is 0.277 e. The molecule has 0 radical (unpaired) electrons. The van der Waals surface area contributed by atoms with E-state index < -0.39 is 6.10 Å². The van der Waals surface area contributed by atoms with Gasteiger partial charge in [0.2, 0.25) is 12.0 Å². The van der Waals surface area contributed by atoms with Crippen LogP contribution in [0.4, 0.5) is 4.39 Å². The Hall–Kier alpha value is -3.11. The van der Waals surface area contributed by atoms with Gasteiger partial charge in [0.1, 0.15) is 12.4 Å². The first kappa shape index (κ1) is 21.7. The molecule has 0 N–H and O–H groups in total. The van der Waals surface area contributed by atoms with Gasteiger partial charge in [-0.2, -0.15) is 0 Å². The number of carbonyl (C=O) groups excluding carboxylic acids is 1. The second-order valence-electron chi connectivity index (χ2n) is 7.81. The molecule has 1 saturated heterocycles. The van der Waals surface area contributed by atoms with Crippen molar-refractivity contribution in [2.45, 2.75) is 17.9 Å². The van der Waals surface area contributed by atoms with Crippen molar-refractivity contribution in [2.75, 3.05) is 38.5 Å². The molecule has 3 aromatic rings. The molecule has 8 nitrogen and oxygen atoms in total. The summed E-state index contributed by atoms with van der Waals surface area (Å²) in [5.74, 6) is 1.66. The minimum atomic E-state index is -0.486. The third kappa shape index (κ3) is 5.12. The predicted octanol–water partition coefficient (Wildman–Crippen LogP) is 3.16. The first-order valence-corrected chi connectivity index (χ1v) is 11.7. The molecule has 0 saturated carbocycles. The van der Waals surface area contributed by atoms with E-state index in [4.69, 9.17) is 13.9 Å². The van der Waals surface area contributed by atoms with Gasteiger partial charge in [0, 0.05) is 38.3 Å². The molecule has 1 aromatic heterocycles. The summed E-state index contributed by atoms with van der Waals surface area (Å²) in [5.41, 5.74) is 0.677. The molecule has 1 fully saturated rings. The van der Waals surface area contributed by atoms with Gasteiger partial charge in [0.25, 0.3) is 11.1 Å². The second kappa shape index (κ2) is 9.80. The summed E-state index contributed by atoms with van der Waals surface area (Å²) in [6.07, 6.45) is -0.486. The number of fused-ring (bicyclic) bond motifs is 1. The number of para-hydroxylation sites is 2. The van der Waals surface area contributed by atoms with Crippen LogP contribution in [0.15, 0.2) is 58.2 Å². The van der Waals surface area contributed by atoms with Crippen LogP contribution in [0.2, 0.25) is 0 Å². The summed E-state index contributed by atoms with van der Waals surface area (Å²) in [5, 5.41) is 8.40. The maximum atomic E-state index is 13.9. The van der Waals surface area contributed by atoms with Gasteiger partial charge in [0.15, 0.2) is 11.5 Å². The monoisotopic (exact) mass is 470 g/mol. The highest BCUT2D eigenvalue weighted by atomic mass is 32.2. The highest BCUT2D eigenvalue weighted by Gasteiger charge is 2.28. The number of amides is 1. The lowest BCUT2D eigenvalue weighted by atomic mass is 10.2. The SMILES string of the molecule is O=C(CSc1nnc(C2COc3ccccc3O2)o1)N1CCN(Cc2ccccc2F)CC1. The minimum Gasteiger partial charge on any atom is -0.485 e. The average Bonchev–Trinajstić information content (AvgIpc) is 3.33. The topological polar surface area (TPSA) is 80.9 Å². The van der Waals surface area contributed by atoms with Crippen molar-refractivity contribution < 1.29 is 23.1 Å². The van der Waals surface area contributed by atoms with Crippen LogP contribution in [-0.4, -0.2) is 64.4 Å². The molecule has 1 unspecified atom stereocenters. The van der Waals surface area contributed by atoms with Crippen LogP contribution in [0.5, 0.6) is 11.5 Å². The fourth-order valence-corrected chi connectivity index (χ4v) is 4.46. The Morgan fingerprint density at radius 3 is 2.61 bits per heavy atom. The molecule has 1 amide bonds. The van der Waals surface area contributed by atoms with E-state index >= 15 is 0 Å². The molecule has 0 bridgehead atoms. The summed E-state index contributed by atoms with van der Waals surface area (Å²) in [6, 6.07) is 14.2. The first-order valence-electron chi connectivity index (χ1n) is 10.7. The molecule has 10 heteroatoms. The van der Waals surface area contributed by atoms with Crippen molar-refractivity contribution in [3.63, 3.8) is 0 Å². The van der Waals surface area contributed by atoms with E-state index in [1.807, 2.05) is 35.2 Å². The number of piperazine rings is 1. The van der Waals surface area contributed by atoms with E-state index in [2.05, 4.69) is 15.1 Å². The van der Waals surface area contributed by atoms with Crippen molar-refractivity contribution in [2.24, 2.45) is 0 Å². The molecular weight excluding hydrogens is 447 g/mol. The van der Waals surface area contributed by atoms with E-state index in [1.165, 1.54) is 17.8 Å². The molecule has 2 aliphatic heterocycles. The maximum absolute atomic E-state index is 13.9. The number of halogens is 1. The maximum Gasteiger partial charge on any atom is 0.277 e. The molecule has 1 atom stereocenters. The number of hydrogen-bond donors (Lipinski definition) is 0. The highest BCUT2D eigenvalue weighted by Crippen LogP contribution is 2.36. The molecule has 0 spiro atoms. The summed E-state index contributed by atoms with van der Waals surface area (Å²) in [6.45, 7) is 3.45. The van der Waals surface area contributed by atoms with Crippen LogP contribution in [-0.2, 0) is 11.3 Å². The number of thioether (sulfide) groups is 1. The van der Waals surface area contributed by atoms with Gasteiger partial charge in [-0.1, -0.05) is 42.1 Å². The van der Waals surface area contributed by atoms with Crippen molar-refractivity contribution in [1.82, 2.24) is 20.0 Å². The standard InChI is InChI=1S/C23H23FN4O4S/c24-17-6-2-1-5-16(17)13-27-9-11-28(12-10-27)21(29)15-33-23-26-25-22(32-23)20-14-30-18-7-3-4-8-19(18)31-20/h1-8,20H,9-15H2. The number of hydrogen-bond acceptors (Lipinski definition) is 8. The van der Waals surface area contributed by atoms with Gasteiger partial charge in [-0.3, -0.25) is 9.69 Å². The summed E-state index contributed by atoms with van der Waals surface area (Å²) in [7, 11) is 0. The molecule has 33 heavy (non-hydrogen) atoms. The quantitative estimate of drug-likeness (QED) is 0.509. The zero-order valence-corrected chi connectivity index (χ0v) is 18.7. The Labute approximate surface area is 194 Å². The minimum absolute atomic E-state index is 0.0106. The zero-order valence-electron chi connectivity index (χ0n) is 17.9. The Bertz CT molecular complexity index is 1120. The number of benzene rings is 2. The lowest BCUT2D eigenvalue weighted by Crippen LogP contribution is -2.48. The lowest BCUT2D eigenvalue weighted by Gasteiger charge is -2.34. The number of aromatic nitrogens is 2. The van der Waals surface area contributed by atoms with Crippen molar-refractivity contribution in [1.29, 1.82) is 0 Å². The number of carbonyl (C=O) groups is 1. The van der Waals surface area contributed by atoms with Crippen molar-refractivity contribution >= 4 is 17.7 Å². The Morgan fingerprint density at radius 2 is 1.79 bits per heavy atom. The third-order valence-corrected chi connectivity index (χ3v) is 6.41. The largest absolute Gasteiger partial charge is 0.485 e. The van der Waals surface area contributed by atoms with Gasteiger partial charge >= 0.3 is 0 Å². The Balaban J connectivity index is 1.08. The molecule has 2 aromatic carbocycles. The lowest BCUT2D eigenvalue weighted by molar-refractivity contribution is -0.130. The van der Waals surface area contributed by atoms with Gasteiger partial charge in [-0.15, -0.1) is 10.2 Å². The zero-order chi connectivity index (χ0) is 22.6. The highest BCUT2D eigenvalue weighted by molar-refractivity contribution is 7.99. The van der Waals surface area contributed by atoms with Gasteiger partial charge in [-0.05, 0) is 18.2 Å². The van der Waals surface area contributed by atoms with Crippen LogP contribution in [0.1, 0.15) is 17.6 Å². The van der Waals surface area contributed by atoms with Crippen LogP contribution >= 0.6 is 11.8 Å². The predicted molar refractivity (Wildman–Crippen MR) is 119 cm³/mol. The van der Waals surface area contributed by atoms with E-state index in [-0.39, 0.29) is 24.1 Å². The normalized spacial score (nSPS) is 18.3. The van der Waals surface area contributed by atoms with Gasteiger partial charge < -0.3 is 18.8 Å². The second-order valence-corrected chi connectivity index (χ2v) is 8.73. The Kier molecular flexibility index (Phi) is 6.45. The van der Waals surface area contributed by atoms with Gasteiger partial charge in [-0.25, -0.2) is 4.39 Å². The van der Waals surface area contributed by atoms with Crippen LogP contribution in [0.25, 0.3) is 0 Å². The summed E-state index contributed by atoms with van der Waals surface area (Å²) in [4.78, 5) is 16.6. The molecule has 172 valence electrons. The summed E-state index contributed by atoms with van der Waals surface area (Å²) >= 11 is 1.21. The van der Waals surface area contributed by atoms with Crippen LogP contribution < -0.4 is 9.47 Å². The molecule has 0 aliphatic carbocycles. The molecular formula is C23H23FN4O4S. The average molecular weight is 471 g/mol. The van der Waals surface area contributed by atoms with Gasteiger partial charge in [0.05, 0.1) is 5.75 Å². The van der Waals surface area contributed by atoms with Crippen LogP contribution in [0.3, 0.4) is 0 Å². The molecule has 2 aliphatic rings. The first-order chi connectivity index (χ1) is 16.2. The molecule has 5 rings (SSSR count). The Morgan fingerprint density at radius 1 is 1.03 bits per heavy atom. The number of rotatable bonds is 6. The van der Waals surface area contributed by atoms with Crippen LogP contribution in [0, 0.1) is 5.82 Å². The van der Waals surface area contributed by atoms with E-state index in [1.54, 1.807) is 12.1 Å². The van der Waals surface area contributed by atoms with Crippen molar-refractivity contribution in [3.05, 3.63) is 65.8 Å². The van der Waals surface area contributed by atoms with E-state index in [0.29, 0.717) is 60.9 Å². The fraction of sp³-hybridized carbons (Fsp3) is 0.348. The molecule has 3 heterocycles. The van der Waals surface area contributed by atoms with E-state index in [9.17, 15) is 9.18 Å². The van der Waals surface area contributed by atoms with Crippen molar-refractivity contribution in [3.8, 4) is 11.5 Å².